The third kappa shape index (κ3) is 5.98. The number of carbonyl (C=O) groups excluding carboxylic acids is 1. The maximum atomic E-state index is 12.9. The summed E-state index contributed by atoms with van der Waals surface area (Å²) in [5.41, 5.74) is 1.99. The molecule has 2 rings (SSSR count). The van der Waals surface area contributed by atoms with Crippen LogP contribution in [0, 0.1) is 6.92 Å². The summed E-state index contributed by atoms with van der Waals surface area (Å²) in [5, 5.41) is 3.17. The van der Waals surface area contributed by atoms with Gasteiger partial charge in [-0.2, -0.15) is 0 Å². The molecule has 0 radical (unpaired) electrons. The summed E-state index contributed by atoms with van der Waals surface area (Å²) in [6.45, 7) is 3.42. The molecule has 2 aromatic rings. The molecule has 0 saturated carbocycles. The van der Waals surface area contributed by atoms with Gasteiger partial charge in [0.2, 0.25) is 15.9 Å². The van der Waals surface area contributed by atoms with Crippen LogP contribution in [0.3, 0.4) is 0 Å². The highest BCUT2D eigenvalue weighted by Crippen LogP contribution is 2.39. The molecule has 0 saturated heterocycles. The summed E-state index contributed by atoms with van der Waals surface area (Å²) in [6, 6.07) is 8.24. The number of sulfonamides is 1. The molecule has 176 valence electrons. The Balaban J connectivity index is 2.34. The second-order valence-corrected chi connectivity index (χ2v) is 9.50. The highest BCUT2D eigenvalue weighted by molar-refractivity contribution is 7.92. The van der Waals surface area contributed by atoms with E-state index in [1.165, 1.54) is 26.4 Å². The summed E-state index contributed by atoms with van der Waals surface area (Å²) in [5.74, 6) is 0.747. The maximum absolute atomic E-state index is 12.9. The molecule has 2 aromatic carbocycles. The van der Waals surface area contributed by atoms with Gasteiger partial charge in [0.1, 0.15) is 23.8 Å². The average molecular weight is 485 g/mol. The van der Waals surface area contributed by atoms with Crippen LogP contribution in [0.2, 0.25) is 5.02 Å². The topological polar surface area (TPSA) is 94.2 Å². The van der Waals surface area contributed by atoms with Gasteiger partial charge < -0.3 is 19.5 Å². The number of hydrogen-bond acceptors (Lipinski definition) is 6. The van der Waals surface area contributed by atoms with Gasteiger partial charge in [0.05, 0.1) is 44.3 Å². The Morgan fingerprint density at radius 1 is 1.06 bits per heavy atom. The smallest absolute Gasteiger partial charge is 0.241 e. The number of nitrogens with one attached hydrogen (secondary N) is 1. The molecule has 0 heterocycles. The zero-order valence-electron chi connectivity index (χ0n) is 19.1. The largest absolute Gasteiger partial charge is 0.496 e. The van der Waals surface area contributed by atoms with E-state index in [0.717, 1.165) is 27.4 Å². The molecular weight excluding hydrogens is 456 g/mol. The number of hydrogen-bond donors (Lipinski definition) is 1. The zero-order valence-corrected chi connectivity index (χ0v) is 20.6. The summed E-state index contributed by atoms with van der Waals surface area (Å²) >= 11 is 6.13. The molecule has 0 bridgehead atoms. The SMILES string of the molecule is CCC(NC(=O)CN(c1cc(OC)c(Cl)cc1OC)S(C)(=O)=O)c1ccc(OC)c(C)c1. The molecule has 0 aromatic heterocycles. The molecule has 32 heavy (non-hydrogen) atoms. The Hall–Kier alpha value is -2.65. The lowest BCUT2D eigenvalue weighted by atomic mass is 10.0. The van der Waals surface area contributed by atoms with Crippen LogP contribution in [-0.4, -0.2) is 48.5 Å². The third-order valence-corrected chi connectivity index (χ3v) is 6.40. The normalized spacial score (nSPS) is 12.1. The first kappa shape index (κ1) is 25.6. The predicted molar refractivity (Wildman–Crippen MR) is 126 cm³/mol. The van der Waals surface area contributed by atoms with E-state index >= 15 is 0 Å². The Morgan fingerprint density at radius 2 is 1.69 bits per heavy atom. The number of carbonyl (C=O) groups is 1. The van der Waals surface area contributed by atoms with Crippen LogP contribution >= 0.6 is 11.6 Å². The first-order valence-electron chi connectivity index (χ1n) is 9.88. The average Bonchev–Trinajstić information content (AvgIpc) is 2.74. The minimum atomic E-state index is -3.83. The fourth-order valence-corrected chi connectivity index (χ4v) is 4.41. The number of halogens is 1. The van der Waals surface area contributed by atoms with Crippen molar-refractivity contribution in [3.05, 3.63) is 46.5 Å². The highest BCUT2D eigenvalue weighted by atomic mass is 35.5. The first-order valence-corrected chi connectivity index (χ1v) is 12.1. The molecule has 1 amide bonds. The molecule has 1 unspecified atom stereocenters. The van der Waals surface area contributed by atoms with Gasteiger partial charge in [-0.05, 0) is 30.5 Å². The standard InChI is InChI=1S/C22H29ClN2O6S/c1-7-17(15-8-9-19(29-3)14(2)10-15)24-22(26)13-25(32(6,27)28)18-12-20(30-4)16(23)11-21(18)31-5/h8-12,17H,7,13H2,1-6H3,(H,24,26). The van der Waals surface area contributed by atoms with Crippen LogP contribution < -0.4 is 23.8 Å². The lowest BCUT2D eigenvalue weighted by Crippen LogP contribution is -2.41. The number of methoxy groups -OCH3 is 3. The van der Waals surface area contributed by atoms with Gasteiger partial charge in [-0.15, -0.1) is 0 Å². The van der Waals surface area contributed by atoms with Crippen LogP contribution in [0.1, 0.15) is 30.5 Å². The van der Waals surface area contributed by atoms with Gasteiger partial charge in [-0.3, -0.25) is 9.10 Å². The van der Waals surface area contributed by atoms with Crippen molar-refractivity contribution in [3.8, 4) is 17.2 Å². The van der Waals surface area contributed by atoms with Crippen molar-refractivity contribution in [3.63, 3.8) is 0 Å². The first-order chi connectivity index (χ1) is 15.0. The summed E-state index contributed by atoms with van der Waals surface area (Å²) in [6.07, 6.45) is 1.64. The highest BCUT2D eigenvalue weighted by Gasteiger charge is 2.26. The van der Waals surface area contributed by atoms with E-state index < -0.39 is 22.5 Å². The molecule has 1 atom stereocenters. The second kappa shape index (κ2) is 10.8. The van der Waals surface area contributed by atoms with E-state index in [4.69, 9.17) is 25.8 Å². The van der Waals surface area contributed by atoms with Crippen LogP contribution in [0.5, 0.6) is 17.2 Å². The Labute approximate surface area is 194 Å². The zero-order chi connectivity index (χ0) is 24.1. The fourth-order valence-electron chi connectivity index (χ4n) is 3.33. The number of ether oxygens (including phenoxy) is 3. The second-order valence-electron chi connectivity index (χ2n) is 7.19. The van der Waals surface area contributed by atoms with Gasteiger partial charge in [0, 0.05) is 12.1 Å². The monoisotopic (exact) mass is 484 g/mol. The summed E-state index contributed by atoms with van der Waals surface area (Å²) in [7, 11) is 0.574. The van der Waals surface area contributed by atoms with Crippen molar-refractivity contribution < 1.29 is 27.4 Å². The van der Waals surface area contributed by atoms with Gasteiger partial charge in [0.25, 0.3) is 0 Å². The van der Waals surface area contributed by atoms with E-state index in [1.54, 1.807) is 7.11 Å². The number of nitrogens with zero attached hydrogens (tertiary/aromatic N) is 1. The molecule has 0 aliphatic rings. The molecular formula is C22H29ClN2O6S. The minimum absolute atomic E-state index is 0.153. The minimum Gasteiger partial charge on any atom is -0.496 e. The lowest BCUT2D eigenvalue weighted by molar-refractivity contribution is -0.120. The van der Waals surface area contributed by atoms with Crippen LogP contribution in [-0.2, 0) is 14.8 Å². The van der Waals surface area contributed by atoms with Crippen molar-refractivity contribution in [1.29, 1.82) is 0 Å². The Morgan fingerprint density at radius 3 is 2.19 bits per heavy atom. The van der Waals surface area contributed by atoms with Gasteiger partial charge >= 0.3 is 0 Å². The van der Waals surface area contributed by atoms with Crippen molar-refractivity contribution in [2.24, 2.45) is 0 Å². The number of anilines is 1. The van der Waals surface area contributed by atoms with E-state index in [1.807, 2.05) is 32.0 Å². The number of amides is 1. The number of benzene rings is 2. The number of rotatable bonds is 10. The maximum Gasteiger partial charge on any atom is 0.241 e. The molecule has 8 nitrogen and oxygen atoms in total. The Bertz CT molecular complexity index is 1070. The van der Waals surface area contributed by atoms with Crippen LogP contribution in [0.15, 0.2) is 30.3 Å². The quantitative estimate of drug-likeness (QED) is 0.552. The van der Waals surface area contributed by atoms with Gasteiger partial charge in [0.15, 0.2) is 0 Å². The third-order valence-electron chi connectivity index (χ3n) is 4.97. The van der Waals surface area contributed by atoms with Crippen molar-refractivity contribution in [2.45, 2.75) is 26.3 Å². The summed E-state index contributed by atoms with van der Waals surface area (Å²) < 4.78 is 41.9. The van der Waals surface area contributed by atoms with Crippen molar-refractivity contribution in [1.82, 2.24) is 5.32 Å². The van der Waals surface area contributed by atoms with E-state index in [0.29, 0.717) is 6.42 Å². The predicted octanol–water partition coefficient (Wildman–Crippen LogP) is 3.71. The van der Waals surface area contributed by atoms with E-state index in [2.05, 4.69) is 5.32 Å². The van der Waals surface area contributed by atoms with E-state index in [-0.39, 0.29) is 28.3 Å². The van der Waals surface area contributed by atoms with Gasteiger partial charge in [-0.25, -0.2) is 8.42 Å². The van der Waals surface area contributed by atoms with Gasteiger partial charge in [-0.1, -0.05) is 30.7 Å². The molecule has 1 N–H and O–H groups in total. The molecule has 0 spiro atoms. The fraction of sp³-hybridized carbons (Fsp3) is 0.409. The molecule has 10 heteroatoms. The lowest BCUT2D eigenvalue weighted by Gasteiger charge is -2.26. The van der Waals surface area contributed by atoms with E-state index in [9.17, 15) is 13.2 Å². The summed E-state index contributed by atoms with van der Waals surface area (Å²) in [4.78, 5) is 12.9. The van der Waals surface area contributed by atoms with Crippen LogP contribution in [0.25, 0.3) is 0 Å². The molecule has 0 aliphatic heterocycles. The Kier molecular flexibility index (Phi) is 8.63. The number of aryl methyl sites for hydroxylation is 1. The van der Waals surface area contributed by atoms with Crippen molar-refractivity contribution in [2.75, 3.05) is 38.4 Å². The molecule has 0 fully saturated rings. The van der Waals surface area contributed by atoms with Crippen LogP contribution in [0.4, 0.5) is 5.69 Å². The molecule has 0 aliphatic carbocycles. The van der Waals surface area contributed by atoms with Crippen molar-refractivity contribution >= 4 is 33.2 Å².